The maximum Gasteiger partial charge on any atom is 0.247 e. The molecule has 0 aromatic heterocycles. The van der Waals surface area contributed by atoms with Crippen LogP contribution < -0.4 is 4.72 Å². The van der Waals surface area contributed by atoms with Crippen molar-refractivity contribution in [3.8, 4) is 0 Å². The fourth-order valence-corrected chi connectivity index (χ4v) is 3.11. The van der Waals surface area contributed by atoms with Gasteiger partial charge in [-0.15, -0.1) is 0 Å². The van der Waals surface area contributed by atoms with Gasteiger partial charge in [-0.25, -0.2) is 0 Å². The molecule has 5 heteroatoms. The molecular formula is C13H22N2O2S. The van der Waals surface area contributed by atoms with E-state index in [-0.39, 0.29) is 11.9 Å². The molecule has 0 bridgehead atoms. The van der Waals surface area contributed by atoms with Crippen LogP contribution in [0.4, 0.5) is 0 Å². The smallest absolute Gasteiger partial charge is 0.247 e. The van der Waals surface area contributed by atoms with Crippen molar-refractivity contribution < 1.29 is 9.53 Å². The number of amides is 1. The number of hydrogen-bond acceptors (Lipinski definition) is 4. The second-order valence-corrected chi connectivity index (χ2v) is 5.73. The summed E-state index contributed by atoms with van der Waals surface area (Å²) in [5.74, 6) is 0.823. The van der Waals surface area contributed by atoms with Crippen molar-refractivity contribution in [1.82, 2.24) is 9.62 Å². The lowest BCUT2D eigenvalue weighted by atomic mass is 9.99. The molecule has 2 fully saturated rings. The first-order chi connectivity index (χ1) is 8.81. The number of nitrogens with zero attached hydrogens (tertiary/aromatic N) is 1. The Bertz CT molecular complexity index is 293. The van der Waals surface area contributed by atoms with Gasteiger partial charge < -0.3 is 4.74 Å². The minimum atomic E-state index is 0.0558. The summed E-state index contributed by atoms with van der Waals surface area (Å²) in [5.41, 5.74) is 0. The van der Waals surface area contributed by atoms with Crippen LogP contribution in [-0.2, 0) is 9.53 Å². The van der Waals surface area contributed by atoms with Crippen LogP contribution in [-0.4, -0.2) is 43.2 Å². The normalized spacial score (nSPS) is 26.1. The van der Waals surface area contributed by atoms with E-state index in [1.54, 1.807) is 5.41 Å². The van der Waals surface area contributed by atoms with Crippen LogP contribution in [0.2, 0.25) is 0 Å². The van der Waals surface area contributed by atoms with Gasteiger partial charge in [0.1, 0.15) is 0 Å². The number of likely N-dealkylation sites (tertiary alicyclic amines) is 1. The second kappa shape index (κ2) is 7.16. The van der Waals surface area contributed by atoms with E-state index in [1.807, 2.05) is 0 Å². The monoisotopic (exact) mass is 270 g/mol. The molecule has 0 aromatic rings. The van der Waals surface area contributed by atoms with Crippen LogP contribution in [0.5, 0.6) is 0 Å². The van der Waals surface area contributed by atoms with E-state index in [1.165, 1.54) is 11.9 Å². The number of nitrogens with one attached hydrogen (secondary N) is 1. The van der Waals surface area contributed by atoms with Gasteiger partial charge >= 0.3 is 0 Å². The topological polar surface area (TPSA) is 41.6 Å². The summed E-state index contributed by atoms with van der Waals surface area (Å²) in [5, 5.41) is 1.65. The maximum atomic E-state index is 12.0. The minimum Gasteiger partial charge on any atom is -0.381 e. The van der Waals surface area contributed by atoms with Gasteiger partial charge in [-0.2, -0.15) is 0 Å². The first-order valence-corrected chi connectivity index (χ1v) is 7.57. The zero-order valence-corrected chi connectivity index (χ0v) is 11.6. The molecule has 1 N–H and O–H groups in total. The predicted molar refractivity (Wildman–Crippen MR) is 74.1 cm³/mol. The molecule has 0 spiro atoms. The standard InChI is InChI=1S/C13H22N2O2S/c1-2-18-14-13(16)12-4-3-7-15(12)10-11-5-8-17-9-6-11/h2,11-12H,1,3-10H2,(H,14,16)/t12-/m0/s1. The summed E-state index contributed by atoms with van der Waals surface area (Å²) < 4.78 is 8.21. The van der Waals surface area contributed by atoms with E-state index in [4.69, 9.17) is 4.74 Å². The van der Waals surface area contributed by atoms with Gasteiger partial charge in [-0.05, 0) is 55.5 Å². The average molecular weight is 270 g/mol. The van der Waals surface area contributed by atoms with Gasteiger partial charge in [0.2, 0.25) is 5.91 Å². The van der Waals surface area contributed by atoms with Crippen molar-refractivity contribution in [2.75, 3.05) is 26.3 Å². The minimum absolute atomic E-state index is 0.0558. The summed E-state index contributed by atoms with van der Waals surface area (Å²) in [7, 11) is 0. The fraction of sp³-hybridized carbons (Fsp3) is 0.769. The van der Waals surface area contributed by atoms with Crippen molar-refractivity contribution in [3.05, 3.63) is 12.0 Å². The van der Waals surface area contributed by atoms with Crippen molar-refractivity contribution in [2.24, 2.45) is 5.92 Å². The highest BCUT2D eigenvalue weighted by atomic mass is 32.2. The Hall–Kier alpha value is -0.520. The average Bonchev–Trinajstić information content (AvgIpc) is 2.85. The molecule has 1 atom stereocenters. The van der Waals surface area contributed by atoms with E-state index in [0.717, 1.165) is 52.0 Å². The van der Waals surface area contributed by atoms with E-state index >= 15 is 0 Å². The highest BCUT2D eigenvalue weighted by Gasteiger charge is 2.32. The van der Waals surface area contributed by atoms with Crippen LogP contribution in [0.3, 0.4) is 0 Å². The summed E-state index contributed by atoms with van der Waals surface area (Å²) in [4.78, 5) is 14.4. The Morgan fingerprint density at radius 2 is 2.22 bits per heavy atom. The zero-order chi connectivity index (χ0) is 12.8. The van der Waals surface area contributed by atoms with Crippen LogP contribution in [0.15, 0.2) is 12.0 Å². The van der Waals surface area contributed by atoms with Gasteiger partial charge in [0, 0.05) is 19.8 Å². The molecule has 0 saturated carbocycles. The lowest BCUT2D eigenvalue weighted by molar-refractivity contribution is -0.123. The van der Waals surface area contributed by atoms with Gasteiger partial charge in [0.25, 0.3) is 0 Å². The molecule has 1 amide bonds. The van der Waals surface area contributed by atoms with Crippen molar-refractivity contribution in [3.63, 3.8) is 0 Å². The Morgan fingerprint density at radius 3 is 2.94 bits per heavy atom. The summed E-state index contributed by atoms with van der Waals surface area (Å²) in [6.45, 7) is 7.44. The van der Waals surface area contributed by atoms with Crippen LogP contribution in [0.1, 0.15) is 25.7 Å². The molecule has 0 unspecified atom stereocenters. The molecule has 2 heterocycles. The van der Waals surface area contributed by atoms with Crippen molar-refractivity contribution >= 4 is 17.9 Å². The fourth-order valence-electron chi connectivity index (χ4n) is 2.77. The summed E-state index contributed by atoms with van der Waals surface area (Å²) in [6, 6.07) is 0.0558. The number of rotatable bonds is 5. The van der Waals surface area contributed by atoms with E-state index in [2.05, 4.69) is 16.2 Å². The second-order valence-electron chi connectivity index (χ2n) is 4.96. The maximum absolute atomic E-state index is 12.0. The molecule has 0 aromatic carbocycles. The van der Waals surface area contributed by atoms with Crippen molar-refractivity contribution in [2.45, 2.75) is 31.7 Å². The highest BCUT2D eigenvalue weighted by molar-refractivity contribution is 8.00. The predicted octanol–water partition coefficient (Wildman–Crippen LogP) is 1.79. The van der Waals surface area contributed by atoms with Gasteiger partial charge in [-0.1, -0.05) is 6.58 Å². The molecule has 18 heavy (non-hydrogen) atoms. The van der Waals surface area contributed by atoms with E-state index < -0.39 is 0 Å². The number of carbonyl (C=O) groups is 1. The quantitative estimate of drug-likeness (QED) is 0.773. The Balaban J connectivity index is 1.82. The molecule has 2 rings (SSSR count). The third kappa shape index (κ3) is 3.73. The first kappa shape index (κ1) is 13.9. The number of carbonyl (C=O) groups excluding carboxylic acids is 1. The highest BCUT2D eigenvalue weighted by Crippen LogP contribution is 2.23. The Kier molecular flexibility index (Phi) is 5.53. The third-order valence-electron chi connectivity index (χ3n) is 3.74. The van der Waals surface area contributed by atoms with E-state index in [0.29, 0.717) is 5.92 Å². The Labute approximate surface area is 113 Å². The SMILES string of the molecule is C=CSNC(=O)[C@@H]1CCCN1CC1CCOCC1. The van der Waals surface area contributed by atoms with Crippen LogP contribution in [0.25, 0.3) is 0 Å². The molecule has 0 aliphatic carbocycles. The summed E-state index contributed by atoms with van der Waals surface area (Å²) >= 11 is 1.27. The summed E-state index contributed by atoms with van der Waals surface area (Å²) in [6.07, 6.45) is 4.37. The third-order valence-corrected chi connectivity index (χ3v) is 4.23. The van der Waals surface area contributed by atoms with Gasteiger partial charge in [0.05, 0.1) is 6.04 Å². The first-order valence-electron chi connectivity index (χ1n) is 6.69. The van der Waals surface area contributed by atoms with Gasteiger partial charge in [-0.3, -0.25) is 14.4 Å². The largest absolute Gasteiger partial charge is 0.381 e. The Morgan fingerprint density at radius 1 is 1.44 bits per heavy atom. The van der Waals surface area contributed by atoms with Gasteiger partial charge in [0.15, 0.2) is 0 Å². The van der Waals surface area contributed by atoms with Crippen LogP contribution >= 0.6 is 11.9 Å². The molecular weight excluding hydrogens is 248 g/mol. The molecule has 2 saturated heterocycles. The molecule has 102 valence electrons. The number of ether oxygens (including phenoxy) is 1. The molecule has 0 radical (unpaired) electrons. The van der Waals surface area contributed by atoms with E-state index in [9.17, 15) is 4.79 Å². The molecule has 4 nitrogen and oxygen atoms in total. The lowest BCUT2D eigenvalue weighted by Gasteiger charge is -2.30. The zero-order valence-electron chi connectivity index (χ0n) is 10.8. The van der Waals surface area contributed by atoms with Crippen LogP contribution in [0, 0.1) is 5.92 Å². The van der Waals surface area contributed by atoms with Crippen molar-refractivity contribution in [1.29, 1.82) is 0 Å². The molecule has 2 aliphatic rings. The lowest BCUT2D eigenvalue weighted by Crippen LogP contribution is -2.43. The molecule has 2 aliphatic heterocycles. The number of hydrogen-bond donors (Lipinski definition) is 1.